The first kappa shape index (κ1) is 16.1. The van der Waals surface area contributed by atoms with Crippen molar-refractivity contribution in [2.24, 2.45) is 5.92 Å². The van der Waals surface area contributed by atoms with Crippen molar-refractivity contribution in [1.29, 1.82) is 0 Å². The number of nitrogens with one attached hydrogen (secondary N) is 1. The Hall–Kier alpha value is -3.08. The Balaban J connectivity index is 1.60. The van der Waals surface area contributed by atoms with Crippen molar-refractivity contribution < 1.29 is 4.79 Å². The van der Waals surface area contributed by atoms with Crippen molar-refractivity contribution in [2.45, 2.75) is 31.1 Å². The molecular weight excluding hydrogens is 336 g/mol. The van der Waals surface area contributed by atoms with Crippen LogP contribution in [0.3, 0.4) is 0 Å². The van der Waals surface area contributed by atoms with Gasteiger partial charge < -0.3 is 0 Å². The average Bonchev–Trinajstić information content (AvgIpc) is 3.11. The molecule has 3 heterocycles. The molecule has 3 aromatic rings. The van der Waals surface area contributed by atoms with Crippen LogP contribution in [0.5, 0.6) is 0 Å². The number of nitrogens with zero attached hydrogens (tertiary/aromatic N) is 3. The molecule has 27 heavy (non-hydrogen) atoms. The van der Waals surface area contributed by atoms with E-state index in [1.807, 2.05) is 49.1 Å². The highest BCUT2D eigenvalue weighted by Crippen LogP contribution is 2.42. The van der Waals surface area contributed by atoms with Crippen LogP contribution in [-0.2, 0) is 11.8 Å². The van der Waals surface area contributed by atoms with Crippen LogP contribution >= 0.6 is 0 Å². The van der Waals surface area contributed by atoms with Crippen LogP contribution in [0.2, 0.25) is 0 Å². The summed E-state index contributed by atoms with van der Waals surface area (Å²) in [4.78, 5) is 21.1. The molecule has 1 saturated carbocycles. The van der Waals surface area contributed by atoms with Gasteiger partial charge in [-0.2, -0.15) is 5.10 Å². The fraction of sp³-hybridized carbons (Fsp3) is 0.273. The molecule has 0 saturated heterocycles. The van der Waals surface area contributed by atoms with E-state index in [0.717, 1.165) is 48.1 Å². The minimum atomic E-state index is -0.331. The second-order valence-corrected chi connectivity index (χ2v) is 7.41. The molecule has 0 spiro atoms. The third-order valence-electron chi connectivity index (χ3n) is 5.97. The molecule has 5 nitrogen and oxygen atoms in total. The van der Waals surface area contributed by atoms with E-state index in [-0.39, 0.29) is 17.1 Å². The number of hydrogen-bond acceptors (Lipinski definition) is 4. The number of pyridine rings is 2. The van der Waals surface area contributed by atoms with Crippen LogP contribution in [0.15, 0.2) is 55.1 Å². The lowest BCUT2D eigenvalue weighted by Crippen LogP contribution is -2.31. The van der Waals surface area contributed by atoms with E-state index in [2.05, 4.69) is 32.3 Å². The highest BCUT2D eigenvalue weighted by Gasteiger charge is 2.38. The SMILES string of the molecule is O=C(c1n[nH]c2c1C=CC(c1ccncc1)(c1ccncc1)C2)C1CCC1. The Kier molecular flexibility index (Phi) is 3.74. The molecule has 2 aliphatic carbocycles. The van der Waals surface area contributed by atoms with Crippen LogP contribution in [0.4, 0.5) is 0 Å². The Bertz CT molecular complexity index is 964. The lowest BCUT2D eigenvalue weighted by Gasteiger charge is -2.34. The van der Waals surface area contributed by atoms with Gasteiger partial charge in [0.05, 0.1) is 0 Å². The van der Waals surface area contributed by atoms with Gasteiger partial charge in [-0.05, 0) is 48.2 Å². The fourth-order valence-electron chi connectivity index (χ4n) is 4.18. The fourth-order valence-corrected chi connectivity index (χ4v) is 4.18. The number of fused-ring (bicyclic) bond motifs is 1. The molecule has 3 aromatic heterocycles. The minimum absolute atomic E-state index is 0.151. The van der Waals surface area contributed by atoms with Gasteiger partial charge in [-0.15, -0.1) is 0 Å². The molecule has 5 heteroatoms. The number of carbonyl (C=O) groups is 1. The molecule has 0 atom stereocenters. The van der Waals surface area contributed by atoms with Gasteiger partial charge in [0.2, 0.25) is 0 Å². The van der Waals surface area contributed by atoms with Crippen LogP contribution < -0.4 is 0 Å². The van der Waals surface area contributed by atoms with Crippen molar-refractivity contribution in [3.63, 3.8) is 0 Å². The second-order valence-electron chi connectivity index (χ2n) is 7.41. The molecule has 2 aliphatic rings. The predicted molar refractivity (Wildman–Crippen MR) is 102 cm³/mol. The maximum absolute atomic E-state index is 12.7. The lowest BCUT2D eigenvalue weighted by molar-refractivity contribution is 0.0849. The van der Waals surface area contributed by atoms with Gasteiger partial charge in [-0.3, -0.25) is 19.9 Å². The van der Waals surface area contributed by atoms with Crippen LogP contribution in [0, 0.1) is 5.92 Å². The second kappa shape index (κ2) is 6.27. The molecule has 0 unspecified atom stereocenters. The predicted octanol–water partition coefficient (Wildman–Crippen LogP) is 3.74. The first-order valence-electron chi connectivity index (χ1n) is 9.40. The largest absolute Gasteiger partial charge is 0.292 e. The standard InChI is InChI=1S/C22H20N4O/c27-21(15-2-1-3-15)20-18-4-9-22(14-19(18)25-26-20,16-5-10-23-11-6-16)17-7-12-24-13-8-17/h4-13,15H,1-3,14H2,(H,25,26). The van der Waals surface area contributed by atoms with E-state index < -0.39 is 0 Å². The van der Waals surface area contributed by atoms with E-state index in [9.17, 15) is 4.79 Å². The van der Waals surface area contributed by atoms with Gasteiger partial charge in [0, 0.05) is 53.8 Å². The number of Topliss-reactive ketones (excluding diaryl/α,β-unsaturated/α-hetero) is 1. The first-order valence-corrected chi connectivity index (χ1v) is 9.40. The number of hydrogen-bond donors (Lipinski definition) is 1. The van der Waals surface area contributed by atoms with Crippen molar-refractivity contribution in [1.82, 2.24) is 20.2 Å². The van der Waals surface area contributed by atoms with Crippen LogP contribution in [0.1, 0.15) is 52.1 Å². The van der Waals surface area contributed by atoms with E-state index in [1.54, 1.807) is 0 Å². The van der Waals surface area contributed by atoms with Crippen LogP contribution in [0.25, 0.3) is 6.08 Å². The molecule has 5 rings (SSSR count). The summed E-state index contributed by atoms with van der Waals surface area (Å²) in [5, 5.41) is 7.55. The molecular formula is C22H20N4O. The van der Waals surface area contributed by atoms with Gasteiger partial charge in [-0.25, -0.2) is 0 Å². The van der Waals surface area contributed by atoms with Crippen molar-refractivity contribution in [2.75, 3.05) is 0 Å². The quantitative estimate of drug-likeness (QED) is 0.723. The smallest absolute Gasteiger partial charge is 0.186 e. The van der Waals surface area contributed by atoms with Gasteiger partial charge in [0.15, 0.2) is 5.78 Å². The summed E-state index contributed by atoms with van der Waals surface area (Å²) in [6, 6.07) is 8.19. The van der Waals surface area contributed by atoms with E-state index in [0.29, 0.717) is 5.69 Å². The van der Waals surface area contributed by atoms with Gasteiger partial charge >= 0.3 is 0 Å². The Labute approximate surface area is 157 Å². The number of H-pyrrole nitrogens is 1. The zero-order chi connectivity index (χ0) is 18.3. The Morgan fingerprint density at radius 3 is 2.19 bits per heavy atom. The molecule has 1 N–H and O–H groups in total. The minimum Gasteiger partial charge on any atom is -0.292 e. The number of allylic oxidation sites excluding steroid dienone is 1. The van der Waals surface area contributed by atoms with Crippen LogP contribution in [-0.4, -0.2) is 25.9 Å². The highest BCUT2D eigenvalue weighted by molar-refractivity contribution is 6.00. The summed E-state index contributed by atoms with van der Waals surface area (Å²) >= 11 is 0. The summed E-state index contributed by atoms with van der Waals surface area (Å²) in [6.07, 6.45) is 15.4. The van der Waals surface area contributed by atoms with Crippen molar-refractivity contribution >= 4 is 11.9 Å². The third kappa shape index (κ3) is 2.53. The summed E-state index contributed by atoms with van der Waals surface area (Å²) < 4.78 is 0. The first-order chi connectivity index (χ1) is 13.3. The van der Waals surface area contributed by atoms with E-state index >= 15 is 0 Å². The molecule has 0 aliphatic heterocycles. The monoisotopic (exact) mass is 356 g/mol. The Morgan fingerprint density at radius 1 is 1.00 bits per heavy atom. The highest BCUT2D eigenvalue weighted by atomic mass is 16.1. The van der Waals surface area contributed by atoms with Gasteiger partial charge in [-0.1, -0.05) is 18.6 Å². The lowest BCUT2D eigenvalue weighted by atomic mass is 9.68. The molecule has 0 radical (unpaired) electrons. The number of rotatable bonds is 4. The molecule has 0 bridgehead atoms. The normalized spacial score (nSPS) is 17.9. The molecule has 0 amide bonds. The summed E-state index contributed by atoms with van der Waals surface area (Å²) in [6.45, 7) is 0. The zero-order valence-corrected chi connectivity index (χ0v) is 14.9. The summed E-state index contributed by atoms with van der Waals surface area (Å²) in [5.74, 6) is 0.335. The maximum atomic E-state index is 12.7. The molecule has 134 valence electrons. The Morgan fingerprint density at radius 2 is 1.63 bits per heavy atom. The number of aromatic amines is 1. The van der Waals surface area contributed by atoms with Crippen molar-refractivity contribution in [3.05, 3.63) is 83.2 Å². The van der Waals surface area contributed by atoms with Crippen molar-refractivity contribution in [3.8, 4) is 0 Å². The molecule has 0 aromatic carbocycles. The topological polar surface area (TPSA) is 71.5 Å². The number of carbonyl (C=O) groups excluding carboxylic acids is 1. The average molecular weight is 356 g/mol. The van der Waals surface area contributed by atoms with E-state index in [4.69, 9.17) is 0 Å². The third-order valence-corrected chi connectivity index (χ3v) is 5.97. The zero-order valence-electron chi connectivity index (χ0n) is 14.9. The number of aromatic nitrogens is 4. The van der Waals surface area contributed by atoms with E-state index in [1.165, 1.54) is 0 Å². The molecule has 1 fully saturated rings. The van der Waals surface area contributed by atoms with Gasteiger partial charge in [0.25, 0.3) is 0 Å². The maximum Gasteiger partial charge on any atom is 0.186 e. The summed E-state index contributed by atoms with van der Waals surface area (Å²) in [5.41, 5.74) is 4.55. The van der Waals surface area contributed by atoms with Gasteiger partial charge in [0.1, 0.15) is 5.69 Å². The summed E-state index contributed by atoms with van der Waals surface area (Å²) in [7, 11) is 0. The number of ketones is 1.